The second kappa shape index (κ2) is 5.09. The van der Waals surface area contributed by atoms with Crippen molar-refractivity contribution in [2.24, 2.45) is 11.8 Å². The minimum absolute atomic E-state index is 0.146. The van der Waals surface area contributed by atoms with Crippen molar-refractivity contribution >= 4 is 5.91 Å². The lowest BCUT2D eigenvalue weighted by Gasteiger charge is -2.19. The van der Waals surface area contributed by atoms with Crippen LogP contribution in [0.15, 0.2) is 18.2 Å². The number of hydrogen-bond acceptors (Lipinski definition) is 1. The van der Waals surface area contributed by atoms with E-state index in [9.17, 15) is 9.18 Å². The lowest BCUT2D eigenvalue weighted by atomic mass is 9.97. The maximum Gasteiger partial charge on any atom is 0.254 e. The fourth-order valence-electron chi connectivity index (χ4n) is 2.62. The molecule has 1 amide bonds. The molecule has 0 aromatic heterocycles. The maximum atomic E-state index is 13.7. The number of amides is 1. The Labute approximate surface area is 108 Å². The third-order valence-corrected chi connectivity index (χ3v) is 4.15. The Hall–Kier alpha value is -1.38. The van der Waals surface area contributed by atoms with E-state index in [2.05, 4.69) is 19.2 Å². The van der Waals surface area contributed by atoms with E-state index < -0.39 is 5.82 Å². The average Bonchev–Trinajstić information content (AvgIpc) is 2.61. The molecule has 0 heterocycles. The molecule has 0 radical (unpaired) electrons. The van der Waals surface area contributed by atoms with Crippen molar-refractivity contribution < 1.29 is 9.18 Å². The summed E-state index contributed by atoms with van der Waals surface area (Å²) >= 11 is 0. The minimum Gasteiger partial charge on any atom is -0.349 e. The highest BCUT2D eigenvalue weighted by Gasteiger charge is 2.31. The number of carbonyl (C=O) groups excluding carboxylic acids is 1. The van der Waals surface area contributed by atoms with Gasteiger partial charge in [0, 0.05) is 6.04 Å². The third kappa shape index (κ3) is 2.55. The molecular weight excluding hydrogens is 229 g/mol. The van der Waals surface area contributed by atoms with Gasteiger partial charge in [-0.1, -0.05) is 19.9 Å². The SMILES string of the molecule is Cc1ccc(C(=O)NC2CCC(C)C2C)c(F)c1. The van der Waals surface area contributed by atoms with Crippen LogP contribution >= 0.6 is 0 Å². The second-order valence-corrected chi connectivity index (χ2v) is 5.48. The molecule has 3 heteroatoms. The van der Waals surface area contributed by atoms with E-state index in [0.29, 0.717) is 11.8 Å². The van der Waals surface area contributed by atoms with Gasteiger partial charge in [0.05, 0.1) is 5.56 Å². The minimum atomic E-state index is -0.439. The molecule has 1 saturated carbocycles. The van der Waals surface area contributed by atoms with Gasteiger partial charge in [-0.3, -0.25) is 4.79 Å². The van der Waals surface area contributed by atoms with Crippen molar-refractivity contribution in [3.63, 3.8) is 0 Å². The second-order valence-electron chi connectivity index (χ2n) is 5.48. The van der Waals surface area contributed by atoms with Gasteiger partial charge in [-0.2, -0.15) is 0 Å². The summed E-state index contributed by atoms with van der Waals surface area (Å²) in [5.74, 6) is 0.352. The van der Waals surface area contributed by atoms with Gasteiger partial charge in [-0.15, -0.1) is 0 Å². The molecule has 2 rings (SSSR count). The molecule has 18 heavy (non-hydrogen) atoms. The summed E-state index contributed by atoms with van der Waals surface area (Å²) in [6.07, 6.45) is 2.12. The van der Waals surface area contributed by atoms with Gasteiger partial charge in [-0.25, -0.2) is 4.39 Å². The first-order valence-corrected chi connectivity index (χ1v) is 6.56. The van der Waals surface area contributed by atoms with Crippen LogP contribution in [0.25, 0.3) is 0 Å². The Bertz CT molecular complexity index is 458. The Morgan fingerprint density at radius 3 is 2.61 bits per heavy atom. The number of aryl methyl sites for hydroxylation is 1. The van der Waals surface area contributed by atoms with Gasteiger partial charge < -0.3 is 5.32 Å². The summed E-state index contributed by atoms with van der Waals surface area (Å²) in [5, 5.41) is 2.96. The normalized spacial score (nSPS) is 27.2. The van der Waals surface area contributed by atoms with Crippen molar-refractivity contribution in [3.8, 4) is 0 Å². The number of nitrogens with one attached hydrogen (secondary N) is 1. The molecule has 3 unspecified atom stereocenters. The fourth-order valence-corrected chi connectivity index (χ4v) is 2.62. The van der Waals surface area contributed by atoms with Crippen molar-refractivity contribution in [1.82, 2.24) is 5.32 Å². The molecule has 1 aromatic rings. The first kappa shape index (κ1) is 13.1. The summed E-state index contributed by atoms with van der Waals surface area (Å²) in [5.41, 5.74) is 0.972. The van der Waals surface area contributed by atoms with Gasteiger partial charge in [0.15, 0.2) is 0 Å². The van der Waals surface area contributed by atoms with Crippen LogP contribution in [0.3, 0.4) is 0 Å². The molecule has 0 saturated heterocycles. The van der Waals surface area contributed by atoms with Crippen LogP contribution in [0.1, 0.15) is 42.6 Å². The van der Waals surface area contributed by atoms with Crippen LogP contribution in [-0.2, 0) is 0 Å². The summed E-state index contributed by atoms with van der Waals surface area (Å²) in [6, 6.07) is 4.89. The molecule has 0 spiro atoms. The zero-order valence-corrected chi connectivity index (χ0v) is 11.2. The highest BCUT2D eigenvalue weighted by Crippen LogP contribution is 2.31. The average molecular weight is 249 g/mol. The molecule has 1 fully saturated rings. The Kier molecular flexibility index (Phi) is 3.69. The Morgan fingerprint density at radius 2 is 2.06 bits per heavy atom. The Morgan fingerprint density at radius 1 is 1.33 bits per heavy atom. The molecule has 0 bridgehead atoms. The Balaban J connectivity index is 2.08. The number of carbonyl (C=O) groups is 1. The largest absolute Gasteiger partial charge is 0.349 e. The molecule has 0 aliphatic heterocycles. The highest BCUT2D eigenvalue weighted by molar-refractivity contribution is 5.94. The monoisotopic (exact) mass is 249 g/mol. The molecule has 3 atom stereocenters. The van der Waals surface area contributed by atoms with E-state index in [1.54, 1.807) is 12.1 Å². The van der Waals surface area contributed by atoms with Gasteiger partial charge >= 0.3 is 0 Å². The summed E-state index contributed by atoms with van der Waals surface area (Å²) in [6.45, 7) is 6.16. The number of halogens is 1. The van der Waals surface area contributed by atoms with Crippen LogP contribution in [0.4, 0.5) is 4.39 Å². The first-order valence-electron chi connectivity index (χ1n) is 6.56. The molecule has 1 aromatic carbocycles. The lowest BCUT2D eigenvalue weighted by molar-refractivity contribution is 0.0923. The quantitative estimate of drug-likeness (QED) is 0.856. The molecule has 1 aliphatic rings. The van der Waals surface area contributed by atoms with Crippen LogP contribution in [0.2, 0.25) is 0 Å². The lowest BCUT2D eigenvalue weighted by Crippen LogP contribution is -2.37. The van der Waals surface area contributed by atoms with Crippen molar-refractivity contribution in [3.05, 3.63) is 35.1 Å². The predicted molar refractivity (Wildman–Crippen MR) is 70.0 cm³/mol. The van der Waals surface area contributed by atoms with Gasteiger partial charge in [0.1, 0.15) is 5.82 Å². The van der Waals surface area contributed by atoms with E-state index in [1.165, 1.54) is 6.07 Å². The standard InChI is InChI=1S/C15H20FNO/c1-9-4-6-12(13(16)8-9)15(18)17-14-7-5-10(2)11(14)3/h4,6,8,10-11,14H,5,7H2,1-3H3,(H,17,18). The first-order chi connectivity index (χ1) is 8.49. The van der Waals surface area contributed by atoms with Crippen LogP contribution in [-0.4, -0.2) is 11.9 Å². The van der Waals surface area contributed by atoms with Gasteiger partial charge in [0.25, 0.3) is 5.91 Å². The number of benzene rings is 1. The van der Waals surface area contributed by atoms with Crippen molar-refractivity contribution in [1.29, 1.82) is 0 Å². The van der Waals surface area contributed by atoms with E-state index in [-0.39, 0.29) is 17.5 Å². The van der Waals surface area contributed by atoms with E-state index in [0.717, 1.165) is 18.4 Å². The molecule has 2 nitrogen and oxygen atoms in total. The van der Waals surface area contributed by atoms with Crippen molar-refractivity contribution in [2.75, 3.05) is 0 Å². The number of hydrogen-bond donors (Lipinski definition) is 1. The zero-order chi connectivity index (χ0) is 13.3. The van der Waals surface area contributed by atoms with E-state index >= 15 is 0 Å². The van der Waals surface area contributed by atoms with E-state index in [4.69, 9.17) is 0 Å². The fraction of sp³-hybridized carbons (Fsp3) is 0.533. The van der Waals surface area contributed by atoms with Gasteiger partial charge in [-0.05, 0) is 49.3 Å². The predicted octanol–water partition coefficient (Wildman–Crippen LogP) is 3.30. The van der Waals surface area contributed by atoms with Crippen LogP contribution in [0.5, 0.6) is 0 Å². The van der Waals surface area contributed by atoms with E-state index in [1.807, 2.05) is 6.92 Å². The summed E-state index contributed by atoms with van der Waals surface area (Å²) < 4.78 is 13.7. The number of rotatable bonds is 2. The topological polar surface area (TPSA) is 29.1 Å². The third-order valence-electron chi connectivity index (χ3n) is 4.15. The molecule has 1 N–H and O–H groups in total. The molecule has 98 valence electrons. The summed E-state index contributed by atoms with van der Waals surface area (Å²) in [4.78, 5) is 12.0. The maximum absolute atomic E-state index is 13.7. The van der Waals surface area contributed by atoms with Crippen LogP contribution < -0.4 is 5.32 Å². The summed E-state index contributed by atoms with van der Waals surface area (Å²) in [7, 11) is 0. The molecular formula is C15H20FNO. The van der Waals surface area contributed by atoms with Crippen LogP contribution in [0, 0.1) is 24.6 Å². The highest BCUT2D eigenvalue weighted by atomic mass is 19.1. The molecule has 1 aliphatic carbocycles. The smallest absolute Gasteiger partial charge is 0.254 e. The zero-order valence-electron chi connectivity index (χ0n) is 11.2. The van der Waals surface area contributed by atoms with Crippen molar-refractivity contribution in [2.45, 2.75) is 39.7 Å². The van der Waals surface area contributed by atoms with Gasteiger partial charge in [0.2, 0.25) is 0 Å².